The van der Waals surface area contributed by atoms with Gasteiger partial charge in [0.15, 0.2) is 5.16 Å². The Labute approximate surface area is 163 Å². The number of hydrogen-bond donors (Lipinski definition) is 0. The van der Waals surface area contributed by atoms with Gasteiger partial charge < -0.3 is 0 Å². The number of hydrogen-bond acceptors (Lipinski definition) is 6. The first-order chi connectivity index (χ1) is 13.1. The van der Waals surface area contributed by atoms with E-state index in [0.29, 0.717) is 10.7 Å². The number of nitro groups is 1. The molecule has 0 saturated heterocycles. The number of benzene rings is 1. The molecule has 0 saturated carbocycles. The van der Waals surface area contributed by atoms with Crippen molar-refractivity contribution in [1.82, 2.24) is 9.55 Å². The number of nitrogens with zero attached hydrogens (tertiary/aromatic N) is 3. The fourth-order valence-corrected chi connectivity index (χ4v) is 5.44. The Morgan fingerprint density at radius 1 is 1.30 bits per heavy atom. The van der Waals surface area contributed by atoms with E-state index in [1.54, 1.807) is 42.6 Å². The molecular weight excluding hydrogens is 382 g/mol. The number of rotatable bonds is 4. The Bertz CT molecular complexity index is 1120. The molecule has 6 nitrogen and oxygen atoms in total. The second-order valence-electron chi connectivity index (χ2n) is 6.39. The van der Waals surface area contributed by atoms with E-state index in [1.807, 2.05) is 6.07 Å². The van der Waals surface area contributed by atoms with Gasteiger partial charge in [-0.15, -0.1) is 11.3 Å². The zero-order valence-electron chi connectivity index (χ0n) is 14.7. The van der Waals surface area contributed by atoms with Crippen molar-refractivity contribution in [2.24, 2.45) is 7.05 Å². The minimum Gasteiger partial charge on any atom is -0.290 e. The first-order valence-electron chi connectivity index (χ1n) is 8.64. The summed E-state index contributed by atoms with van der Waals surface area (Å²) < 4.78 is 1.49. The van der Waals surface area contributed by atoms with Gasteiger partial charge in [-0.25, -0.2) is 4.98 Å². The van der Waals surface area contributed by atoms with Gasteiger partial charge in [-0.05, 0) is 43.4 Å². The second-order valence-corrected chi connectivity index (χ2v) is 8.31. The SMILES string of the molecule is Cn1c(S/C=C(/c2ccccc2)[N+](=O)[O-])nc2sc3c(c2c1=O)CCCC3. The van der Waals surface area contributed by atoms with Crippen molar-refractivity contribution in [2.75, 3.05) is 0 Å². The Morgan fingerprint density at radius 3 is 2.78 bits per heavy atom. The third kappa shape index (κ3) is 3.30. The van der Waals surface area contributed by atoms with Crippen LogP contribution in [0.15, 0.2) is 45.7 Å². The second kappa shape index (κ2) is 7.28. The van der Waals surface area contributed by atoms with Gasteiger partial charge in [0.2, 0.25) is 0 Å². The van der Waals surface area contributed by atoms with Gasteiger partial charge in [0.1, 0.15) is 4.83 Å². The van der Waals surface area contributed by atoms with Crippen LogP contribution in [0, 0.1) is 10.1 Å². The maximum atomic E-state index is 12.9. The lowest BCUT2D eigenvalue weighted by Gasteiger charge is -2.10. The smallest absolute Gasteiger partial charge is 0.283 e. The van der Waals surface area contributed by atoms with Gasteiger partial charge in [0, 0.05) is 11.9 Å². The highest BCUT2D eigenvalue weighted by Crippen LogP contribution is 2.35. The standard InChI is InChI=1S/C19H17N3O3S2/c1-21-18(23)16-13-9-5-6-10-15(13)27-17(16)20-19(21)26-11-14(22(24)25)12-7-3-2-4-8-12/h2-4,7-8,11H,5-6,9-10H2,1H3/b14-11-. The molecule has 0 radical (unpaired) electrons. The van der Waals surface area contributed by atoms with E-state index in [1.165, 1.54) is 14.9 Å². The number of aromatic nitrogens is 2. The molecule has 1 aliphatic carbocycles. The molecule has 2 heterocycles. The minimum atomic E-state index is -0.414. The van der Waals surface area contributed by atoms with Crippen molar-refractivity contribution in [3.05, 3.63) is 72.2 Å². The fraction of sp³-hybridized carbons (Fsp3) is 0.263. The first-order valence-corrected chi connectivity index (χ1v) is 10.3. The summed E-state index contributed by atoms with van der Waals surface area (Å²) in [6.07, 6.45) is 4.18. The van der Waals surface area contributed by atoms with Crippen LogP contribution in [-0.4, -0.2) is 14.5 Å². The molecule has 0 N–H and O–H groups in total. The maximum Gasteiger partial charge on any atom is 0.283 e. The largest absolute Gasteiger partial charge is 0.290 e. The first kappa shape index (κ1) is 17.9. The summed E-state index contributed by atoms with van der Waals surface area (Å²) in [4.78, 5) is 30.6. The van der Waals surface area contributed by atoms with Crippen LogP contribution in [0.2, 0.25) is 0 Å². The quantitative estimate of drug-likeness (QED) is 0.284. The summed E-state index contributed by atoms with van der Waals surface area (Å²) >= 11 is 2.69. The molecule has 27 heavy (non-hydrogen) atoms. The van der Waals surface area contributed by atoms with E-state index in [9.17, 15) is 14.9 Å². The van der Waals surface area contributed by atoms with E-state index in [4.69, 9.17) is 0 Å². The Balaban J connectivity index is 1.77. The van der Waals surface area contributed by atoms with Gasteiger partial charge in [-0.3, -0.25) is 19.5 Å². The topological polar surface area (TPSA) is 78.0 Å². The van der Waals surface area contributed by atoms with Gasteiger partial charge >= 0.3 is 0 Å². The van der Waals surface area contributed by atoms with Crippen molar-refractivity contribution in [3.8, 4) is 0 Å². The molecule has 0 fully saturated rings. The van der Waals surface area contributed by atoms with Gasteiger partial charge in [-0.1, -0.05) is 30.0 Å². The molecular formula is C19H17N3O3S2. The molecule has 8 heteroatoms. The van der Waals surface area contributed by atoms with E-state index in [-0.39, 0.29) is 11.3 Å². The zero-order chi connectivity index (χ0) is 19.0. The molecule has 0 aliphatic heterocycles. The Hall–Kier alpha value is -2.45. The van der Waals surface area contributed by atoms with Crippen LogP contribution >= 0.6 is 23.1 Å². The Kier molecular flexibility index (Phi) is 4.84. The van der Waals surface area contributed by atoms with Crippen LogP contribution in [0.4, 0.5) is 0 Å². The van der Waals surface area contributed by atoms with Crippen molar-refractivity contribution < 1.29 is 4.92 Å². The lowest BCUT2D eigenvalue weighted by molar-refractivity contribution is -0.375. The normalized spacial score (nSPS) is 14.3. The van der Waals surface area contributed by atoms with Crippen LogP contribution in [0.1, 0.15) is 28.8 Å². The lowest BCUT2D eigenvalue weighted by atomic mass is 9.97. The van der Waals surface area contributed by atoms with Crippen LogP contribution in [-0.2, 0) is 19.9 Å². The summed E-state index contributed by atoms with van der Waals surface area (Å²) in [7, 11) is 1.67. The van der Waals surface area contributed by atoms with Crippen LogP contribution in [0.3, 0.4) is 0 Å². The monoisotopic (exact) mass is 399 g/mol. The number of thiophene rings is 1. The van der Waals surface area contributed by atoms with E-state index >= 15 is 0 Å². The summed E-state index contributed by atoms with van der Waals surface area (Å²) in [5.74, 6) is 0. The zero-order valence-corrected chi connectivity index (χ0v) is 16.3. The van der Waals surface area contributed by atoms with E-state index < -0.39 is 4.92 Å². The molecule has 0 amide bonds. The molecule has 0 atom stereocenters. The molecule has 3 aromatic rings. The van der Waals surface area contributed by atoms with Crippen molar-refractivity contribution in [3.63, 3.8) is 0 Å². The summed E-state index contributed by atoms with van der Waals surface area (Å²) in [5, 5.41) is 14.1. The van der Waals surface area contributed by atoms with Crippen molar-refractivity contribution >= 4 is 39.0 Å². The predicted octanol–water partition coefficient (Wildman–Crippen LogP) is 4.24. The highest BCUT2D eigenvalue weighted by atomic mass is 32.2. The fourth-order valence-electron chi connectivity index (χ4n) is 3.31. The molecule has 138 valence electrons. The van der Waals surface area contributed by atoms with Gasteiger partial charge in [-0.2, -0.15) is 0 Å². The van der Waals surface area contributed by atoms with Gasteiger partial charge in [0.05, 0.1) is 21.3 Å². The summed E-state index contributed by atoms with van der Waals surface area (Å²) in [5.41, 5.74) is 1.59. The Morgan fingerprint density at radius 2 is 2.04 bits per heavy atom. The third-order valence-electron chi connectivity index (χ3n) is 4.70. The van der Waals surface area contributed by atoms with E-state index in [0.717, 1.165) is 53.2 Å². The summed E-state index contributed by atoms with van der Waals surface area (Å²) in [6, 6.07) is 8.71. The average Bonchev–Trinajstić information content (AvgIpc) is 3.04. The highest BCUT2D eigenvalue weighted by molar-refractivity contribution is 8.02. The van der Waals surface area contributed by atoms with Crippen molar-refractivity contribution in [1.29, 1.82) is 0 Å². The highest BCUT2D eigenvalue weighted by Gasteiger charge is 2.21. The van der Waals surface area contributed by atoms with Crippen LogP contribution in [0.5, 0.6) is 0 Å². The molecule has 1 aliphatic rings. The van der Waals surface area contributed by atoms with Crippen LogP contribution in [0.25, 0.3) is 15.9 Å². The minimum absolute atomic E-state index is 0.0135. The number of fused-ring (bicyclic) bond motifs is 3. The van der Waals surface area contributed by atoms with Gasteiger partial charge in [0.25, 0.3) is 11.3 Å². The van der Waals surface area contributed by atoms with Crippen molar-refractivity contribution in [2.45, 2.75) is 30.8 Å². The molecule has 0 bridgehead atoms. The van der Waals surface area contributed by atoms with Crippen LogP contribution < -0.4 is 5.56 Å². The third-order valence-corrected chi connectivity index (χ3v) is 6.80. The predicted molar refractivity (Wildman–Crippen MR) is 109 cm³/mol. The molecule has 0 unspecified atom stereocenters. The number of thioether (sulfide) groups is 1. The molecule has 1 aromatic carbocycles. The molecule has 2 aromatic heterocycles. The summed E-state index contributed by atoms with van der Waals surface area (Å²) in [6.45, 7) is 0. The average molecular weight is 399 g/mol. The maximum absolute atomic E-state index is 12.9. The molecule has 0 spiro atoms. The molecule has 4 rings (SSSR count). The lowest BCUT2D eigenvalue weighted by Crippen LogP contribution is -2.20. The van der Waals surface area contributed by atoms with E-state index in [2.05, 4.69) is 4.98 Å². The number of aryl methyl sites for hydroxylation is 2.